The molecule has 0 aliphatic heterocycles. The standard InChI is InChI=1S/C18H23N3O3/c1-21(2)10-5-9-19-17(22)14-6-3-7-15(12-14)18(23)20-13-16-8-4-11-24-16/h3-4,6-8,11-12H,5,9-10,13H2,1-2H3,(H,19,22)(H,20,23). The van der Waals surface area contributed by atoms with E-state index in [1.165, 1.54) is 0 Å². The molecule has 0 bridgehead atoms. The molecular formula is C18H23N3O3. The van der Waals surface area contributed by atoms with Gasteiger partial charge in [0.05, 0.1) is 12.8 Å². The van der Waals surface area contributed by atoms with Crippen LogP contribution in [0.5, 0.6) is 0 Å². The highest BCUT2D eigenvalue weighted by Crippen LogP contribution is 2.06. The maximum Gasteiger partial charge on any atom is 0.251 e. The van der Waals surface area contributed by atoms with Crippen molar-refractivity contribution in [1.82, 2.24) is 15.5 Å². The van der Waals surface area contributed by atoms with Crippen molar-refractivity contribution in [3.05, 3.63) is 59.5 Å². The number of carbonyl (C=O) groups is 2. The average Bonchev–Trinajstić information content (AvgIpc) is 3.10. The predicted molar refractivity (Wildman–Crippen MR) is 91.8 cm³/mol. The van der Waals surface area contributed by atoms with Crippen LogP contribution in [0.25, 0.3) is 0 Å². The first-order chi connectivity index (χ1) is 11.6. The second-order valence-electron chi connectivity index (χ2n) is 5.76. The summed E-state index contributed by atoms with van der Waals surface area (Å²) in [4.78, 5) is 26.4. The fraction of sp³-hybridized carbons (Fsp3) is 0.333. The fourth-order valence-electron chi connectivity index (χ4n) is 2.18. The molecule has 0 radical (unpaired) electrons. The van der Waals surface area contributed by atoms with E-state index in [0.29, 0.717) is 30.0 Å². The lowest BCUT2D eigenvalue weighted by Gasteiger charge is -2.10. The highest BCUT2D eigenvalue weighted by molar-refractivity contribution is 5.99. The Kier molecular flexibility index (Phi) is 6.57. The second kappa shape index (κ2) is 8.88. The molecule has 24 heavy (non-hydrogen) atoms. The van der Waals surface area contributed by atoms with E-state index in [9.17, 15) is 9.59 Å². The first-order valence-corrected chi connectivity index (χ1v) is 7.90. The summed E-state index contributed by atoms with van der Waals surface area (Å²) in [6.45, 7) is 1.83. The third-order valence-corrected chi connectivity index (χ3v) is 3.46. The van der Waals surface area contributed by atoms with Crippen molar-refractivity contribution >= 4 is 11.8 Å². The van der Waals surface area contributed by atoms with Gasteiger partial charge in [-0.3, -0.25) is 9.59 Å². The molecule has 6 nitrogen and oxygen atoms in total. The van der Waals surface area contributed by atoms with Crippen LogP contribution < -0.4 is 10.6 Å². The molecule has 2 rings (SSSR count). The van der Waals surface area contributed by atoms with Crippen LogP contribution in [0.4, 0.5) is 0 Å². The molecule has 0 aliphatic carbocycles. The zero-order chi connectivity index (χ0) is 17.4. The molecule has 1 aromatic heterocycles. The molecule has 0 atom stereocenters. The van der Waals surface area contributed by atoms with Gasteiger partial charge in [-0.1, -0.05) is 6.07 Å². The number of amides is 2. The van der Waals surface area contributed by atoms with Crippen molar-refractivity contribution < 1.29 is 14.0 Å². The van der Waals surface area contributed by atoms with Gasteiger partial charge in [0.25, 0.3) is 11.8 Å². The smallest absolute Gasteiger partial charge is 0.251 e. The summed E-state index contributed by atoms with van der Waals surface area (Å²) in [5.74, 6) is 0.265. The molecule has 0 aliphatic rings. The Bertz CT molecular complexity index is 666. The molecule has 0 spiro atoms. The lowest BCUT2D eigenvalue weighted by molar-refractivity contribution is 0.0948. The highest BCUT2D eigenvalue weighted by atomic mass is 16.3. The van der Waals surface area contributed by atoms with Crippen molar-refractivity contribution in [2.75, 3.05) is 27.2 Å². The van der Waals surface area contributed by atoms with Crippen molar-refractivity contribution in [3.63, 3.8) is 0 Å². The van der Waals surface area contributed by atoms with Crippen LogP contribution in [-0.4, -0.2) is 43.9 Å². The van der Waals surface area contributed by atoms with Crippen molar-refractivity contribution in [3.8, 4) is 0 Å². The summed E-state index contributed by atoms with van der Waals surface area (Å²) in [5.41, 5.74) is 0.924. The van der Waals surface area contributed by atoms with Crippen LogP contribution in [0.2, 0.25) is 0 Å². The number of nitrogens with zero attached hydrogens (tertiary/aromatic N) is 1. The molecule has 2 N–H and O–H groups in total. The summed E-state index contributed by atoms with van der Waals surface area (Å²) in [5, 5.41) is 5.62. The second-order valence-corrected chi connectivity index (χ2v) is 5.76. The molecule has 0 unspecified atom stereocenters. The molecule has 1 heterocycles. The first-order valence-electron chi connectivity index (χ1n) is 7.90. The van der Waals surface area contributed by atoms with Crippen LogP contribution in [0, 0.1) is 0 Å². The number of rotatable bonds is 8. The van der Waals surface area contributed by atoms with Crippen LogP contribution in [-0.2, 0) is 6.54 Å². The Balaban J connectivity index is 1.87. The van der Waals surface area contributed by atoms with Crippen molar-refractivity contribution in [2.24, 2.45) is 0 Å². The van der Waals surface area contributed by atoms with Gasteiger partial charge in [0.2, 0.25) is 0 Å². The van der Waals surface area contributed by atoms with E-state index >= 15 is 0 Å². The molecule has 6 heteroatoms. The van der Waals surface area contributed by atoms with Gasteiger partial charge in [-0.2, -0.15) is 0 Å². The van der Waals surface area contributed by atoms with Gasteiger partial charge in [-0.25, -0.2) is 0 Å². The average molecular weight is 329 g/mol. The molecular weight excluding hydrogens is 306 g/mol. The van der Waals surface area contributed by atoms with Gasteiger partial charge in [0, 0.05) is 17.7 Å². The first kappa shape index (κ1) is 17.7. The van der Waals surface area contributed by atoms with Gasteiger partial charge >= 0.3 is 0 Å². The minimum Gasteiger partial charge on any atom is -0.467 e. The number of furan rings is 1. The molecule has 1 aromatic carbocycles. The maximum absolute atomic E-state index is 12.2. The van der Waals surface area contributed by atoms with Crippen molar-refractivity contribution in [1.29, 1.82) is 0 Å². The normalized spacial score (nSPS) is 10.6. The summed E-state index contributed by atoms with van der Waals surface area (Å²) < 4.78 is 5.17. The quantitative estimate of drug-likeness (QED) is 0.725. The van der Waals surface area contributed by atoms with Gasteiger partial charge in [-0.15, -0.1) is 0 Å². The molecule has 2 aromatic rings. The highest BCUT2D eigenvalue weighted by Gasteiger charge is 2.10. The lowest BCUT2D eigenvalue weighted by Crippen LogP contribution is -2.28. The van der Waals surface area contributed by atoms with E-state index in [2.05, 4.69) is 15.5 Å². The third-order valence-electron chi connectivity index (χ3n) is 3.46. The van der Waals surface area contributed by atoms with Crippen LogP contribution in [0.3, 0.4) is 0 Å². The number of hydrogen-bond donors (Lipinski definition) is 2. The van der Waals surface area contributed by atoms with E-state index in [4.69, 9.17) is 4.42 Å². The fourth-order valence-corrected chi connectivity index (χ4v) is 2.18. The third kappa shape index (κ3) is 5.55. The van der Waals surface area contributed by atoms with E-state index in [-0.39, 0.29) is 11.8 Å². The van der Waals surface area contributed by atoms with E-state index in [0.717, 1.165) is 13.0 Å². The van der Waals surface area contributed by atoms with Gasteiger partial charge in [0.1, 0.15) is 5.76 Å². The number of benzene rings is 1. The summed E-state index contributed by atoms with van der Waals surface area (Å²) in [6, 6.07) is 10.2. The van der Waals surface area contributed by atoms with Crippen molar-refractivity contribution in [2.45, 2.75) is 13.0 Å². The number of nitrogens with one attached hydrogen (secondary N) is 2. The zero-order valence-electron chi connectivity index (χ0n) is 14.0. The SMILES string of the molecule is CN(C)CCCNC(=O)c1cccc(C(=O)NCc2ccco2)c1. The van der Waals surface area contributed by atoms with Crippen LogP contribution >= 0.6 is 0 Å². The Morgan fingerprint density at radius 1 is 1.04 bits per heavy atom. The topological polar surface area (TPSA) is 74.6 Å². The maximum atomic E-state index is 12.2. The monoisotopic (exact) mass is 329 g/mol. The molecule has 128 valence electrons. The minimum atomic E-state index is -0.242. The van der Waals surface area contributed by atoms with E-state index in [1.54, 1.807) is 42.7 Å². The Labute approximate surface area is 141 Å². The van der Waals surface area contributed by atoms with Crippen LogP contribution in [0.15, 0.2) is 47.1 Å². The molecule has 0 saturated heterocycles. The summed E-state index contributed by atoms with van der Waals surface area (Å²) >= 11 is 0. The Morgan fingerprint density at radius 3 is 2.38 bits per heavy atom. The van der Waals surface area contributed by atoms with E-state index < -0.39 is 0 Å². The van der Waals surface area contributed by atoms with Gasteiger partial charge in [-0.05, 0) is 57.4 Å². The summed E-state index contributed by atoms with van der Waals surface area (Å²) in [6.07, 6.45) is 2.44. The number of carbonyl (C=O) groups excluding carboxylic acids is 2. The van der Waals surface area contributed by atoms with Gasteiger partial charge < -0.3 is 20.0 Å². The molecule has 0 saturated carbocycles. The summed E-state index contributed by atoms with van der Waals surface area (Å²) in [7, 11) is 3.99. The lowest BCUT2D eigenvalue weighted by atomic mass is 10.1. The Morgan fingerprint density at radius 2 is 1.75 bits per heavy atom. The van der Waals surface area contributed by atoms with Gasteiger partial charge in [0.15, 0.2) is 0 Å². The molecule has 2 amide bonds. The minimum absolute atomic E-state index is 0.172. The molecule has 0 fully saturated rings. The van der Waals surface area contributed by atoms with Crippen LogP contribution in [0.1, 0.15) is 32.9 Å². The number of hydrogen-bond acceptors (Lipinski definition) is 4. The largest absolute Gasteiger partial charge is 0.467 e. The van der Waals surface area contributed by atoms with E-state index in [1.807, 2.05) is 14.1 Å². The predicted octanol–water partition coefficient (Wildman–Crippen LogP) is 1.89. The zero-order valence-corrected chi connectivity index (χ0v) is 14.0. The Hall–Kier alpha value is -2.60.